The molecule has 0 amide bonds. The van der Waals surface area contributed by atoms with Gasteiger partial charge in [0.1, 0.15) is 11.9 Å². The number of ether oxygens (including phenoxy) is 2. The summed E-state index contributed by atoms with van der Waals surface area (Å²) in [4.78, 5) is 12.6. The lowest BCUT2D eigenvalue weighted by molar-refractivity contribution is 0.122. The van der Waals surface area contributed by atoms with Crippen molar-refractivity contribution >= 4 is 11.8 Å². The van der Waals surface area contributed by atoms with Crippen molar-refractivity contribution in [2.75, 3.05) is 49.2 Å². The largest absolute Gasteiger partial charge is 0.489 e. The van der Waals surface area contributed by atoms with Crippen LogP contribution in [0, 0.1) is 5.82 Å². The van der Waals surface area contributed by atoms with Gasteiger partial charge in [-0.2, -0.15) is 4.98 Å². The number of hydrogen-bond acceptors (Lipinski definition) is 7. The van der Waals surface area contributed by atoms with Crippen molar-refractivity contribution in [3.63, 3.8) is 0 Å². The maximum absolute atomic E-state index is 14.4. The maximum atomic E-state index is 14.4. The molecule has 2 atom stereocenters. The zero-order chi connectivity index (χ0) is 19.5. The van der Waals surface area contributed by atoms with Gasteiger partial charge in [0.2, 0.25) is 5.95 Å². The van der Waals surface area contributed by atoms with E-state index in [4.69, 9.17) is 15.2 Å². The average Bonchev–Trinajstić information content (AvgIpc) is 3.17. The molecular formula is C20H26FN5O2. The lowest BCUT2D eigenvalue weighted by Gasteiger charge is -2.27. The molecule has 2 saturated heterocycles. The average molecular weight is 387 g/mol. The van der Waals surface area contributed by atoms with Gasteiger partial charge in [-0.1, -0.05) is 12.1 Å². The molecule has 2 fully saturated rings. The zero-order valence-electron chi connectivity index (χ0n) is 16.1. The number of nitrogens with zero attached hydrogens (tertiary/aromatic N) is 4. The third-order valence-electron chi connectivity index (χ3n) is 5.16. The number of hydrogen-bond donors (Lipinski definition) is 1. The molecule has 1 aromatic heterocycles. The highest BCUT2D eigenvalue weighted by Gasteiger charge is 2.28. The summed E-state index contributed by atoms with van der Waals surface area (Å²) in [5.74, 6) is 1.29. The van der Waals surface area contributed by atoms with Crippen LogP contribution >= 0.6 is 0 Å². The second kappa shape index (κ2) is 8.28. The number of halogens is 1. The third-order valence-corrected chi connectivity index (χ3v) is 5.16. The Balaban J connectivity index is 1.42. The van der Waals surface area contributed by atoms with Crippen molar-refractivity contribution in [3.8, 4) is 5.75 Å². The molecule has 8 heteroatoms. The normalized spacial score (nSPS) is 21.0. The van der Waals surface area contributed by atoms with Crippen LogP contribution < -0.4 is 20.3 Å². The highest BCUT2D eigenvalue weighted by atomic mass is 19.1. The Hall–Kier alpha value is -2.45. The predicted molar refractivity (Wildman–Crippen MR) is 105 cm³/mol. The van der Waals surface area contributed by atoms with Crippen molar-refractivity contribution in [2.24, 2.45) is 5.73 Å². The monoisotopic (exact) mass is 387 g/mol. The third kappa shape index (κ3) is 4.18. The Morgan fingerprint density at radius 2 is 1.93 bits per heavy atom. The Morgan fingerprint density at radius 3 is 2.64 bits per heavy atom. The summed E-state index contributed by atoms with van der Waals surface area (Å²) in [7, 11) is 0. The number of anilines is 2. The van der Waals surface area contributed by atoms with Gasteiger partial charge >= 0.3 is 0 Å². The second-order valence-electron chi connectivity index (χ2n) is 7.27. The first kappa shape index (κ1) is 18.9. The minimum Gasteiger partial charge on any atom is -0.489 e. The van der Waals surface area contributed by atoms with Gasteiger partial charge in [0.05, 0.1) is 26.0 Å². The number of rotatable bonds is 5. The van der Waals surface area contributed by atoms with Crippen LogP contribution in [0.3, 0.4) is 0 Å². The van der Waals surface area contributed by atoms with Crippen molar-refractivity contribution in [1.82, 2.24) is 9.97 Å². The summed E-state index contributed by atoms with van der Waals surface area (Å²) >= 11 is 0. The second-order valence-corrected chi connectivity index (χ2v) is 7.27. The van der Waals surface area contributed by atoms with E-state index in [0.717, 1.165) is 17.7 Å². The molecule has 3 heterocycles. The van der Waals surface area contributed by atoms with Crippen LogP contribution in [-0.2, 0) is 4.74 Å². The maximum Gasteiger partial charge on any atom is 0.227 e. The fraction of sp³-hybridized carbons (Fsp3) is 0.500. The molecule has 4 rings (SSSR count). The molecule has 2 aromatic rings. The van der Waals surface area contributed by atoms with Gasteiger partial charge in [0.15, 0.2) is 11.6 Å². The minimum absolute atomic E-state index is 0.00239. The molecule has 0 bridgehead atoms. The molecule has 1 aromatic carbocycles. The van der Waals surface area contributed by atoms with Crippen LogP contribution in [0.1, 0.15) is 24.9 Å². The molecule has 0 spiro atoms. The van der Waals surface area contributed by atoms with E-state index in [1.807, 2.05) is 41.0 Å². The number of morpholine rings is 1. The van der Waals surface area contributed by atoms with Gasteiger partial charge in [0, 0.05) is 32.1 Å². The van der Waals surface area contributed by atoms with Gasteiger partial charge in [-0.3, -0.25) is 0 Å². The Kier molecular flexibility index (Phi) is 5.59. The minimum atomic E-state index is -0.404. The van der Waals surface area contributed by atoms with E-state index in [2.05, 4.69) is 9.97 Å². The molecule has 0 aliphatic carbocycles. The summed E-state index contributed by atoms with van der Waals surface area (Å²) in [6.45, 7) is 5.94. The predicted octanol–water partition coefficient (Wildman–Crippen LogP) is 2.13. The van der Waals surface area contributed by atoms with E-state index in [1.54, 1.807) is 0 Å². The first-order valence-corrected chi connectivity index (χ1v) is 9.72. The van der Waals surface area contributed by atoms with E-state index in [1.165, 1.54) is 6.20 Å². The van der Waals surface area contributed by atoms with Crippen LogP contribution in [0.25, 0.3) is 0 Å². The standard InChI is InChI=1S/C20H26FN5O2/c1-14(22)15-2-4-16(5-3-15)28-17-6-7-26(13-17)19-18(21)12-23-20(24-19)25-8-10-27-11-9-25/h2-5,12,14,17H,6-11,13,22H2,1H3/t14-,17+/m0/s1. The van der Waals surface area contributed by atoms with Crippen LogP contribution in [0.2, 0.25) is 0 Å². The van der Waals surface area contributed by atoms with Gasteiger partial charge in [-0.15, -0.1) is 0 Å². The Bertz CT molecular complexity index is 796. The van der Waals surface area contributed by atoms with Crippen molar-refractivity contribution < 1.29 is 13.9 Å². The summed E-state index contributed by atoms with van der Waals surface area (Å²) in [6, 6.07) is 7.82. The van der Waals surface area contributed by atoms with E-state index < -0.39 is 5.82 Å². The van der Waals surface area contributed by atoms with E-state index >= 15 is 0 Å². The van der Waals surface area contributed by atoms with Crippen molar-refractivity contribution in [1.29, 1.82) is 0 Å². The van der Waals surface area contributed by atoms with Crippen molar-refractivity contribution in [3.05, 3.63) is 41.8 Å². The van der Waals surface area contributed by atoms with Crippen LogP contribution in [0.15, 0.2) is 30.5 Å². The quantitative estimate of drug-likeness (QED) is 0.842. The summed E-state index contributed by atoms with van der Waals surface area (Å²) in [6.07, 6.45) is 2.06. The molecular weight excluding hydrogens is 361 g/mol. The smallest absolute Gasteiger partial charge is 0.227 e. The highest BCUT2D eigenvalue weighted by molar-refractivity contribution is 5.46. The van der Waals surface area contributed by atoms with Gasteiger partial charge in [0.25, 0.3) is 0 Å². The van der Waals surface area contributed by atoms with Crippen LogP contribution in [-0.4, -0.2) is 55.5 Å². The first-order chi connectivity index (χ1) is 13.6. The van der Waals surface area contributed by atoms with Gasteiger partial charge < -0.3 is 25.0 Å². The van der Waals surface area contributed by atoms with Crippen LogP contribution in [0.4, 0.5) is 16.2 Å². The lowest BCUT2D eigenvalue weighted by atomic mass is 10.1. The summed E-state index contributed by atoms with van der Waals surface area (Å²) in [5, 5.41) is 0. The van der Waals surface area contributed by atoms with E-state index in [-0.39, 0.29) is 12.1 Å². The molecule has 150 valence electrons. The summed E-state index contributed by atoms with van der Waals surface area (Å²) < 4.78 is 25.8. The number of aromatic nitrogens is 2. The topological polar surface area (TPSA) is 76.7 Å². The molecule has 28 heavy (non-hydrogen) atoms. The summed E-state index contributed by atoms with van der Waals surface area (Å²) in [5.41, 5.74) is 6.95. The fourth-order valence-corrected chi connectivity index (χ4v) is 3.55. The molecule has 2 aliphatic rings. The number of benzene rings is 1. The van der Waals surface area contributed by atoms with Crippen molar-refractivity contribution in [2.45, 2.75) is 25.5 Å². The molecule has 0 saturated carbocycles. The Morgan fingerprint density at radius 1 is 1.18 bits per heavy atom. The zero-order valence-corrected chi connectivity index (χ0v) is 16.1. The van der Waals surface area contributed by atoms with Gasteiger partial charge in [-0.25, -0.2) is 9.37 Å². The molecule has 0 radical (unpaired) electrons. The Labute approximate surface area is 164 Å². The SMILES string of the molecule is C[C@H](N)c1ccc(O[C@@H]2CCN(c3nc(N4CCOCC4)ncc3F)C2)cc1. The molecule has 2 aliphatic heterocycles. The highest BCUT2D eigenvalue weighted by Crippen LogP contribution is 2.26. The molecule has 7 nitrogen and oxygen atoms in total. The van der Waals surface area contributed by atoms with E-state index in [9.17, 15) is 4.39 Å². The molecule has 0 unspecified atom stereocenters. The lowest BCUT2D eigenvalue weighted by Crippen LogP contribution is -2.37. The fourth-order valence-electron chi connectivity index (χ4n) is 3.55. The molecule has 2 N–H and O–H groups in total. The number of nitrogens with two attached hydrogens (primary N) is 1. The first-order valence-electron chi connectivity index (χ1n) is 9.72. The van der Waals surface area contributed by atoms with Crippen LogP contribution in [0.5, 0.6) is 5.75 Å². The van der Waals surface area contributed by atoms with E-state index in [0.29, 0.717) is 51.2 Å². The van der Waals surface area contributed by atoms with Gasteiger partial charge in [-0.05, 0) is 24.6 Å².